The van der Waals surface area contributed by atoms with E-state index in [0.29, 0.717) is 17.3 Å². The van der Waals surface area contributed by atoms with Gasteiger partial charge in [0, 0.05) is 0 Å². The molecule has 3 saturated carbocycles. The molecule has 0 spiro atoms. The fourth-order valence-electron chi connectivity index (χ4n) is 8.68. The lowest BCUT2D eigenvalue weighted by Crippen LogP contribution is -2.53. The van der Waals surface area contributed by atoms with E-state index in [1.807, 2.05) is 6.08 Å². The molecule has 0 saturated heterocycles. The summed E-state index contributed by atoms with van der Waals surface area (Å²) in [6.45, 7) is 12.2. The summed E-state index contributed by atoms with van der Waals surface area (Å²) in [6.07, 6.45) is 13.9. The highest BCUT2D eigenvalue weighted by Crippen LogP contribution is 2.67. The topological polar surface area (TPSA) is 52.8 Å². The number of nitrogens with zero attached hydrogens (tertiary/aromatic N) is 1. The van der Waals surface area contributed by atoms with Crippen molar-refractivity contribution in [3.63, 3.8) is 0 Å². The number of rotatable bonds is 5. The molecule has 4 aliphatic carbocycles. The van der Waals surface area contributed by atoms with Gasteiger partial charge in [-0.3, -0.25) is 0 Å². The van der Waals surface area contributed by atoms with Crippen LogP contribution in [0, 0.1) is 46.3 Å². The van der Waals surface area contributed by atoms with E-state index in [1.165, 1.54) is 44.9 Å². The van der Waals surface area contributed by atoms with Crippen molar-refractivity contribution >= 4 is 5.71 Å². The van der Waals surface area contributed by atoms with E-state index in [9.17, 15) is 10.3 Å². The Morgan fingerprint density at radius 1 is 1.03 bits per heavy atom. The van der Waals surface area contributed by atoms with E-state index >= 15 is 0 Å². The van der Waals surface area contributed by atoms with Crippen LogP contribution in [0.1, 0.15) is 98.8 Å². The molecule has 3 fully saturated rings. The van der Waals surface area contributed by atoms with Crippen LogP contribution in [-0.4, -0.2) is 22.1 Å². The van der Waals surface area contributed by atoms with Gasteiger partial charge in [0.2, 0.25) is 0 Å². The SMILES string of the molecule is CC(C)CCC[C@@H](C)[C@H]1CC[C@H]2[C@@H]3C/C(=N/O)C4=CC(O)CC[C@]4(C)[C@H]3CC[C@]12C. The minimum Gasteiger partial charge on any atom is -0.411 e. The number of allylic oxidation sites excluding steroid dienone is 1. The number of oxime groups is 1. The van der Waals surface area contributed by atoms with Gasteiger partial charge in [-0.2, -0.15) is 0 Å². The van der Waals surface area contributed by atoms with Crippen LogP contribution in [0.4, 0.5) is 0 Å². The molecule has 170 valence electrons. The van der Waals surface area contributed by atoms with Crippen molar-refractivity contribution in [2.45, 2.75) is 105 Å². The Balaban J connectivity index is 1.56. The second-order valence-electron chi connectivity index (χ2n) is 12.3. The van der Waals surface area contributed by atoms with Crippen molar-refractivity contribution in [2.75, 3.05) is 0 Å². The molecule has 0 aromatic heterocycles. The lowest BCUT2D eigenvalue weighted by atomic mass is 9.46. The summed E-state index contributed by atoms with van der Waals surface area (Å²) < 4.78 is 0. The van der Waals surface area contributed by atoms with Gasteiger partial charge in [-0.15, -0.1) is 0 Å². The van der Waals surface area contributed by atoms with Gasteiger partial charge in [0.05, 0.1) is 11.8 Å². The van der Waals surface area contributed by atoms with E-state index in [2.05, 4.69) is 39.8 Å². The summed E-state index contributed by atoms with van der Waals surface area (Å²) in [6, 6.07) is 0. The maximum Gasteiger partial charge on any atom is 0.0833 e. The maximum atomic E-state index is 10.3. The summed E-state index contributed by atoms with van der Waals surface area (Å²) in [5, 5.41) is 23.9. The monoisotopic (exact) mass is 415 g/mol. The molecule has 0 aliphatic heterocycles. The molecule has 3 heteroatoms. The zero-order chi connectivity index (χ0) is 21.7. The van der Waals surface area contributed by atoms with Crippen molar-refractivity contribution in [3.05, 3.63) is 11.6 Å². The van der Waals surface area contributed by atoms with Gasteiger partial charge in [-0.1, -0.05) is 65.1 Å². The van der Waals surface area contributed by atoms with Crippen LogP contribution in [0.5, 0.6) is 0 Å². The molecule has 0 heterocycles. The van der Waals surface area contributed by atoms with Crippen LogP contribution < -0.4 is 0 Å². The molecule has 0 bridgehead atoms. The fourth-order valence-corrected chi connectivity index (χ4v) is 8.68. The van der Waals surface area contributed by atoms with Crippen molar-refractivity contribution in [1.82, 2.24) is 0 Å². The first-order chi connectivity index (χ1) is 14.2. The van der Waals surface area contributed by atoms with Crippen molar-refractivity contribution in [3.8, 4) is 0 Å². The summed E-state index contributed by atoms with van der Waals surface area (Å²) in [5.41, 5.74) is 2.55. The van der Waals surface area contributed by atoms with E-state index in [0.717, 1.165) is 54.2 Å². The van der Waals surface area contributed by atoms with Crippen molar-refractivity contribution in [1.29, 1.82) is 0 Å². The molecule has 1 unspecified atom stereocenters. The molecule has 0 amide bonds. The molecule has 8 atom stereocenters. The zero-order valence-corrected chi connectivity index (χ0v) is 20.0. The molecule has 3 nitrogen and oxygen atoms in total. The maximum absolute atomic E-state index is 10.3. The second-order valence-corrected chi connectivity index (χ2v) is 12.3. The predicted molar refractivity (Wildman–Crippen MR) is 124 cm³/mol. The first kappa shape index (κ1) is 22.4. The minimum atomic E-state index is -0.377. The van der Waals surface area contributed by atoms with Crippen LogP contribution in [-0.2, 0) is 0 Å². The molecular weight excluding hydrogens is 370 g/mol. The fraction of sp³-hybridized carbons (Fsp3) is 0.889. The van der Waals surface area contributed by atoms with Gasteiger partial charge in [0.15, 0.2) is 0 Å². The minimum absolute atomic E-state index is 0.0754. The first-order valence-corrected chi connectivity index (χ1v) is 12.8. The number of aliphatic hydroxyl groups excluding tert-OH is 1. The number of hydrogen-bond acceptors (Lipinski definition) is 3. The smallest absolute Gasteiger partial charge is 0.0833 e. The van der Waals surface area contributed by atoms with Crippen LogP contribution in [0.3, 0.4) is 0 Å². The number of aliphatic hydroxyl groups is 1. The summed E-state index contributed by atoms with van der Waals surface area (Å²) >= 11 is 0. The van der Waals surface area contributed by atoms with Crippen LogP contribution in [0.15, 0.2) is 16.8 Å². The average molecular weight is 416 g/mol. The highest BCUT2D eigenvalue weighted by molar-refractivity contribution is 6.02. The van der Waals surface area contributed by atoms with Crippen LogP contribution in [0.2, 0.25) is 0 Å². The molecule has 4 rings (SSSR count). The normalized spacial score (nSPS) is 45.6. The largest absolute Gasteiger partial charge is 0.411 e. The average Bonchev–Trinajstić information content (AvgIpc) is 3.05. The van der Waals surface area contributed by atoms with Gasteiger partial charge < -0.3 is 10.3 Å². The molecule has 0 aromatic rings. The van der Waals surface area contributed by atoms with E-state index < -0.39 is 0 Å². The molecule has 2 N–H and O–H groups in total. The second kappa shape index (κ2) is 8.26. The predicted octanol–water partition coefficient (Wildman–Crippen LogP) is 6.83. The van der Waals surface area contributed by atoms with E-state index in [4.69, 9.17) is 0 Å². The highest BCUT2D eigenvalue weighted by Gasteiger charge is 2.60. The third kappa shape index (κ3) is 3.57. The molecule has 0 aromatic carbocycles. The Morgan fingerprint density at radius 2 is 1.80 bits per heavy atom. The van der Waals surface area contributed by atoms with Gasteiger partial charge in [-0.25, -0.2) is 0 Å². The van der Waals surface area contributed by atoms with Crippen LogP contribution in [0.25, 0.3) is 0 Å². The standard InChI is InChI=1S/C27H45NO2/c1-17(2)7-6-8-18(3)21-9-10-22-20-16-25(28-30)24-15-19(29)11-13-27(24,5)23(20)12-14-26(21,22)4/h15,17-23,29-30H,6-14,16H2,1-5H3/b28-25-/t18-,19?,20+,21-,22+,23+,26-,27-/m1/s1. The Labute approximate surface area is 184 Å². The Bertz CT molecular complexity index is 697. The highest BCUT2D eigenvalue weighted by atomic mass is 16.4. The molecule has 4 aliphatic rings. The quantitative estimate of drug-likeness (QED) is 0.382. The van der Waals surface area contributed by atoms with Crippen molar-refractivity contribution < 1.29 is 10.3 Å². The Morgan fingerprint density at radius 3 is 2.50 bits per heavy atom. The van der Waals surface area contributed by atoms with Crippen LogP contribution >= 0.6 is 0 Å². The van der Waals surface area contributed by atoms with Gasteiger partial charge in [0.25, 0.3) is 0 Å². The van der Waals surface area contributed by atoms with Crippen molar-refractivity contribution in [2.24, 2.45) is 51.5 Å². The third-order valence-electron chi connectivity index (χ3n) is 10.3. The van der Waals surface area contributed by atoms with Gasteiger partial charge in [-0.05, 0) is 96.9 Å². The summed E-state index contributed by atoms with van der Waals surface area (Å²) in [7, 11) is 0. The Hall–Kier alpha value is -0.830. The third-order valence-corrected chi connectivity index (χ3v) is 10.3. The molecule has 30 heavy (non-hydrogen) atoms. The summed E-state index contributed by atoms with van der Waals surface area (Å²) in [5.74, 6) is 4.56. The lowest BCUT2D eigenvalue weighted by molar-refractivity contribution is -0.0474. The first-order valence-electron chi connectivity index (χ1n) is 12.8. The zero-order valence-electron chi connectivity index (χ0n) is 20.0. The Kier molecular flexibility index (Phi) is 6.16. The van der Waals surface area contributed by atoms with Gasteiger partial charge >= 0.3 is 0 Å². The number of hydrogen-bond donors (Lipinski definition) is 2. The number of fused-ring (bicyclic) bond motifs is 5. The lowest BCUT2D eigenvalue weighted by Gasteiger charge is -2.58. The molecular formula is C27H45NO2. The summed E-state index contributed by atoms with van der Waals surface area (Å²) in [4.78, 5) is 0. The molecule has 0 radical (unpaired) electrons. The van der Waals surface area contributed by atoms with Gasteiger partial charge in [0.1, 0.15) is 0 Å². The van der Waals surface area contributed by atoms with E-state index in [-0.39, 0.29) is 11.5 Å². The van der Waals surface area contributed by atoms with E-state index in [1.54, 1.807) is 0 Å².